The van der Waals surface area contributed by atoms with E-state index in [2.05, 4.69) is 45.9 Å². The number of hydrogen-bond donors (Lipinski definition) is 0. The molecule has 2 fully saturated rings. The molecule has 0 heterocycles. The van der Waals surface area contributed by atoms with Gasteiger partial charge in [-0.3, -0.25) is 0 Å². The Bertz CT molecular complexity index is 422. The van der Waals surface area contributed by atoms with Crippen LogP contribution in [-0.2, 0) is 6.42 Å². The summed E-state index contributed by atoms with van der Waals surface area (Å²) in [7, 11) is 0. The van der Waals surface area contributed by atoms with Gasteiger partial charge in [0.25, 0.3) is 0 Å². The minimum Gasteiger partial charge on any atom is -0.0622 e. The van der Waals surface area contributed by atoms with E-state index in [9.17, 15) is 0 Å². The third kappa shape index (κ3) is 1.73. The van der Waals surface area contributed by atoms with Crippen LogP contribution in [0.3, 0.4) is 0 Å². The third-order valence-electron chi connectivity index (χ3n) is 5.00. The molecule has 0 nitrogen and oxygen atoms in total. The van der Waals surface area contributed by atoms with Crippen molar-refractivity contribution in [2.24, 2.45) is 23.7 Å². The Morgan fingerprint density at radius 2 is 1.94 bits per heavy atom. The van der Waals surface area contributed by atoms with Crippen LogP contribution in [0.25, 0.3) is 0 Å². The van der Waals surface area contributed by atoms with Gasteiger partial charge in [-0.1, -0.05) is 39.0 Å². The molecule has 17 heavy (non-hydrogen) atoms. The van der Waals surface area contributed by atoms with Crippen molar-refractivity contribution in [1.29, 1.82) is 0 Å². The van der Waals surface area contributed by atoms with Crippen LogP contribution in [0, 0.1) is 30.6 Å². The van der Waals surface area contributed by atoms with Gasteiger partial charge in [0.1, 0.15) is 0 Å². The molecule has 0 heteroatoms. The van der Waals surface area contributed by atoms with Crippen LogP contribution in [0.1, 0.15) is 49.8 Å². The zero-order valence-corrected chi connectivity index (χ0v) is 11.5. The molecule has 2 aliphatic rings. The van der Waals surface area contributed by atoms with Crippen LogP contribution >= 0.6 is 0 Å². The van der Waals surface area contributed by atoms with E-state index in [0.717, 1.165) is 29.6 Å². The summed E-state index contributed by atoms with van der Waals surface area (Å²) < 4.78 is 0. The second-order valence-corrected chi connectivity index (χ2v) is 6.41. The molecule has 0 N–H and O–H groups in total. The lowest BCUT2D eigenvalue weighted by atomic mass is 9.76. The van der Waals surface area contributed by atoms with Crippen molar-refractivity contribution in [2.75, 3.05) is 0 Å². The van der Waals surface area contributed by atoms with Gasteiger partial charge in [0, 0.05) is 0 Å². The van der Waals surface area contributed by atoms with Gasteiger partial charge in [0.05, 0.1) is 0 Å². The molecule has 0 aromatic heterocycles. The van der Waals surface area contributed by atoms with Crippen molar-refractivity contribution in [3.8, 4) is 0 Å². The Labute approximate surface area is 105 Å². The van der Waals surface area contributed by atoms with E-state index >= 15 is 0 Å². The van der Waals surface area contributed by atoms with Crippen molar-refractivity contribution >= 4 is 0 Å². The molecule has 3 atom stereocenters. The van der Waals surface area contributed by atoms with Crippen molar-refractivity contribution < 1.29 is 0 Å². The molecular weight excluding hydrogens is 204 g/mol. The smallest absolute Gasteiger partial charge is 0.00997 e. The summed E-state index contributed by atoms with van der Waals surface area (Å²) in [6.07, 6.45) is 2.71. The maximum atomic E-state index is 2.41. The van der Waals surface area contributed by atoms with Gasteiger partial charge in [-0.05, 0) is 66.0 Å². The molecule has 0 saturated heterocycles. The topological polar surface area (TPSA) is 0 Å². The van der Waals surface area contributed by atoms with Crippen molar-refractivity contribution in [3.05, 3.63) is 34.9 Å². The van der Waals surface area contributed by atoms with Crippen LogP contribution in [0.5, 0.6) is 0 Å². The van der Waals surface area contributed by atoms with Crippen molar-refractivity contribution in [1.82, 2.24) is 0 Å². The molecule has 1 aromatic rings. The Morgan fingerprint density at radius 1 is 1.24 bits per heavy atom. The second kappa shape index (κ2) is 3.86. The van der Waals surface area contributed by atoms with E-state index in [0.29, 0.717) is 0 Å². The van der Waals surface area contributed by atoms with Gasteiger partial charge in [-0.15, -0.1) is 0 Å². The molecule has 0 aliphatic heterocycles. The van der Waals surface area contributed by atoms with Gasteiger partial charge in [0.2, 0.25) is 0 Å². The molecular formula is C17H24. The fourth-order valence-corrected chi connectivity index (χ4v) is 3.86. The van der Waals surface area contributed by atoms with Gasteiger partial charge in [-0.25, -0.2) is 0 Å². The summed E-state index contributed by atoms with van der Waals surface area (Å²) in [6, 6.07) is 6.87. The summed E-state index contributed by atoms with van der Waals surface area (Å²) in [5.74, 6) is 4.86. The van der Waals surface area contributed by atoms with E-state index in [4.69, 9.17) is 0 Å². The van der Waals surface area contributed by atoms with Gasteiger partial charge >= 0.3 is 0 Å². The summed E-state index contributed by atoms with van der Waals surface area (Å²) in [5.41, 5.74) is 4.81. The van der Waals surface area contributed by atoms with Crippen LogP contribution in [0.15, 0.2) is 18.2 Å². The van der Waals surface area contributed by atoms with Gasteiger partial charge in [0.15, 0.2) is 0 Å². The first-order valence-corrected chi connectivity index (χ1v) is 7.23. The normalized spacial score (nSPS) is 31.2. The first-order valence-electron chi connectivity index (χ1n) is 7.23. The Morgan fingerprint density at radius 3 is 2.41 bits per heavy atom. The number of fused-ring (bicyclic) bond motifs is 1. The molecule has 92 valence electrons. The second-order valence-electron chi connectivity index (χ2n) is 6.41. The van der Waals surface area contributed by atoms with E-state index in [1.165, 1.54) is 18.4 Å². The Kier molecular flexibility index (Phi) is 2.57. The lowest BCUT2D eigenvalue weighted by molar-refractivity contribution is 0.383. The quantitative estimate of drug-likeness (QED) is 0.708. The van der Waals surface area contributed by atoms with E-state index in [1.807, 2.05) is 0 Å². The number of rotatable bonds is 4. The lowest BCUT2D eigenvalue weighted by Gasteiger charge is -2.28. The molecule has 0 radical (unpaired) electrons. The lowest BCUT2D eigenvalue weighted by Crippen LogP contribution is -2.16. The number of benzene rings is 1. The number of aryl methyl sites for hydroxylation is 2. The van der Waals surface area contributed by atoms with E-state index in [-0.39, 0.29) is 0 Å². The zero-order chi connectivity index (χ0) is 12.2. The van der Waals surface area contributed by atoms with E-state index < -0.39 is 0 Å². The number of hydrogen-bond acceptors (Lipinski definition) is 0. The highest BCUT2D eigenvalue weighted by Crippen LogP contribution is 2.73. The molecule has 0 amide bonds. The van der Waals surface area contributed by atoms with Crippen LogP contribution < -0.4 is 0 Å². The predicted molar refractivity (Wildman–Crippen MR) is 73.2 cm³/mol. The first-order chi connectivity index (χ1) is 8.15. The van der Waals surface area contributed by atoms with E-state index in [1.54, 1.807) is 11.1 Å². The minimum atomic E-state index is 0.791. The molecule has 0 bridgehead atoms. The fraction of sp³-hybridized carbons (Fsp3) is 0.647. The predicted octanol–water partition coefficient (Wildman–Crippen LogP) is 4.56. The van der Waals surface area contributed by atoms with Crippen LogP contribution in [0.2, 0.25) is 0 Å². The Hall–Kier alpha value is -0.780. The monoisotopic (exact) mass is 228 g/mol. The maximum Gasteiger partial charge on any atom is -0.00997 e. The fourth-order valence-electron chi connectivity index (χ4n) is 3.86. The molecule has 0 spiro atoms. The highest BCUT2D eigenvalue weighted by Gasteiger charge is 2.66. The minimum absolute atomic E-state index is 0.791. The summed E-state index contributed by atoms with van der Waals surface area (Å²) in [5, 5.41) is 0. The maximum absolute atomic E-state index is 2.41. The largest absolute Gasteiger partial charge is 0.0622 e. The SMILES string of the molecule is CCc1cccc(C)c1C(C(C)C)C1C2CC21. The van der Waals surface area contributed by atoms with Crippen LogP contribution in [-0.4, -0.2) is 0 Å². The molecule has 3 rings (SSSR count). The Balaban J connectivity index is 1.99. The zero-order valence-electron chi connectivity index (χ0n) is 11.5. The highest BCUT2D eigenvalue weighted by atomic mass is 14.7. The first kappa shape index (κ1) is 11.3. The van der Waals surface area contributed by atoms with Gasteiger partial charge in [-0.2, -0.15) is 0 Å². The highest BCUT2D eigenvalue weighted by molar-refractivity contribution is 5.40. The molecule has 1 aromatic carbocycles. The standard InChI is InChI=1S/C17H24/c1-5-12-8-6-7-11(4)16(12)15(10(2)3)17-13-9-14(13)17/h6-8,10,13-15,17H,5,9H2,1-4H3. The molecule has 2 saturated carbocycles. The summed E-state index contributed by atoms with van der Waals surface area (Å²) in [6.45, 7) is 9.42. The van der Waals surface area contributed by atoms with Crippen LogP contribution in [0.4, 0.5) is 0 Å². The summed E-state index contributed by atoms with van der Waals surface area (Å²) in [4.78, 5) is 0. The average molecular weight is 228 g/mol. The summed E-state index contributed by atoms with van der Waals surface area (Å²) >= 11 is 0. The van der Waals surface area contributed by atoms with Crippen molar-refractivity contribution in [3.63, 3.8) is 0 Å². The third-order valence-corrected chi connectivity index (χ3v) is 5.00. The average Bonchev–Trinajstić information content (AvgIpc) is 3.15. The molecule has 3 unspecified atom stereocenters. The van der Waals surface area contributed by atoms with Gasteiger partial charge < -0.3 is 0 Å². The molecule has 2 aliphatic carbocycles. The van der Waals surface area contributed by atoms with Crippen molar-refractivity contribution in [2.45, 2.75) is 46.5 Å².